The van der Waals surface area contributed by atoms with Crippen molar-refractivity contribution >= 4 is 35.1 Å². The molecule has 0 nitrogen and oxygen atoms in total. The van der Waals surface area contributed by atoms with Crippen LogP contribution in [0.4, 0.5) is 0 Å². The molecule has 2 fully saturated rings. The van der Waals surface area contributed by atoms with Gasteiger partial charge < -0.3 is 0 Å². The maximum absolute atomic E-state index is 9.36. The molecule has 4 aliphatic rings. The number of fused-ring (bicyclic) bond motifs is 2. The van der Waals surface area contributed by atoms with Crippen LogP contribution in [0.5, 0.6) is 0 Å². The van der Waals surface area contributed by atoms with Gasteiger partial charge in [0.15, 0.2) is 0 Å². The van der Waals surface area contributed by atoms with Crippen LogP contribution < -0.4 is 0 Å². The van der Waals surface area contributed by atoms with Crippen molar-refractivity contribution in [2.45, 2.75) is 189 Å². The molecule has 0 N–H and O–H groups in total. The van der Waals surface area contributed by atoms with Crippen molar-refractivity contribution in [2.24, 2.45) is 10.8 Å². The van der Waals surface area contributed by atoms with Crippen molar-refractivity contribution in [1.29, 1.82) is 0 Å². The normalized spacial score (nSPS) is 21.9. The first-order chi connectivity index (χ1) is 30.3. The maximum atomic E-state index is 9.36. The predicted molar refractivity (Wildman–Crippen MR) is 283 cm³/mol. The quantitative estimate of drug-likeness (QED) is 0.104. The molecule has 4 aromatic rings. The molecule has 8 rings (SSSR count). The number of benzene rings is 4. The summed E-state index contributed by atoms with van der Waals surface area (Å²) in [5, 5.41) is 0. The Kier molecular flexibility index (Phi) is 14.0. The molecule has 0 heterocycles. The van der Waals surface area contributed by atoms with Crippen LogP contribution in [0, 0.1) is 10.8 Å². The van der Waals surface area contributed by atoms with Gasteiger partial charge in [0, 0.05) is 0 Å². The molecule has 0 aliphatic heterocycles. The van der Waals surface area contributed by atoms with Gasteiger partial charge in [-0.3, -0.25) is 0 Å². The second-order valence-corrected chi connectivity index (χ2v) is 66.4. The molecule has 2 atom stereocenters. The number of hydrogen-bond acceptors (Lipinski definition) is 0. The molecule has 0 amide bonds. The fourth-order valence-electron chi connectivity index (χ4n) is 13.3. The SMILES string of the molecule is CCC1(CC2=Cc3c(-c4ccc(C(C)(C)C)cc4)cccc3[CH]2[Zr]([Cl])([Cl])([CH]2C(CC3(CC)CCCCCC3)=Cc3c(-c4ccc(C(C)(C)C)cc4)cccc32)[SiH](C)C)CCCCCC1. The molecular weight excluding hydrogens is 911 g/mol. The van der Waals surface area contributed by atoms with E-state index in [-0.39, 0.29) is 28.9 Å². The van der Waals surface area contributed by atoms with Gasteiger partial charge in [-0.25, -0.2) is 0 Å². The van der Waals surface area contributed by atoms with Crippen molar-refractivity contribution in [1.82, 2.24) is 0 Å². The zero-order chi connectivity index (χ0) is 45.7. The monoisotopic (exact) mass is 989 g/mol. The van der Waals surface area contributed by atoms with Gasteiger partial charge in [0.2, 0.25) is 0 Å². The molecule has 4 aromatic carbocycles. The van der Waals surface area contributed by atoms with Crippen molar-refractivity contribution < 1.29 is 15.6 Å². The summed E-state index contributed by atoms with van der Waals surface area (Å²) in [6.07, 6.45) is 26.1. The number of allylic oxidation sites excluding steroid dienone is 2. The van der Waals surface area contributed by atoms with E-state index in [2.05, 4.69) is 166 Å². The Bertz CT molecular complexity index is 2190. The van der Waals surface area contributed by atoms with Gasteiger partial charge in [0.1, 0.15) is 0 Å². The Morgan fingerprint density at radius 2 is 0.859 bits per heavy atom. The van der Waals surface area contributed by atoms with Gasteiger partial charge in [-0.1, -0.05) is 0 Å². The van der Waals surface area contributed by atoms with Gasteiger partial charge in [-0.15, -0.1) is 0 Å². The van der Waals surface area contributed by atoms with Crippen molar-refractivity contribution in [3.63, 3.8) is 0 Å². The minimum absolute atomic E-state index is 0.0905. The van der Waals surface area contributed by atoms with Gasteiger partial charge in [-0.2, -0.15) is 0 Å². The van der Waals surface area contributed by atoms with E-state index in [1.807, 2.05) is 0 Å². The first-order valence-corrected chi connectivity index (χ1v) is 42.1. The molecule has 0 spiro atoms. The summed E-state index contributed by atoms with van der Waals surface area (Å²) in [6, 6.07) is 33.3. The predicted octanol–water partition coefficient (Wildman–Crippen LogP) is 19.5. The number of rotatable bonds is 11. The Hall–Kier alpha value is -1.96. The molecule has 0 aromatic heterocycles. The van der Waals surface area contributed by atoms with Crippen molar-refractivity contribution in [3.8, 4) is 22.3 Å². The second kappa shape index (κ2) is 18.5. The second-order valence-electron chi connectivity index (χ2n) is 23.8. The summed E-state index contributed by atoms with van der Waals surface area (Å²) < 4.78 is 0.181. The fourth-order valence-corrected chi connectivity index (χ4v) is 44.6. The van der Waals surface area contributed by atoms with E-state index >= 15 is 0 Å². The summed E-state index contributed by atoms with van der Waals surface area (Å²) in [4.78, 5) is 0. The van der Waals surface area contributed by atoms with Crippen molar-refractivity contribution in [2.75, 3.05) is 0 Å². The fraction of sp³-hybridized carbons (Fsp3) is 0.533. The van der Waals surface area contributed by atoms with Crippen LogP contribution in [0.1, 0.15) is 199 Å². The van der Waals surface area contributed by atoms with Crippen LogP contribution >= 0.6 is 17.0 Å². The average molecular weight is 993 g/mol. The van der Waals surface area contributed by atoms with Gasteiger partial charge in [0.05, 0.1) is 0 Å². The molecule has 2 unspecified atom stereocenters. The van der Waals surface area contributed by atoms with E-state index in [1.54, 1.807) is 11.1 Å². The summed E-state index contributed by atoms with van der Waals surface area (Å²) in [5.41, 5.74) is 17.6. The standard InChI is InChI=1S/2C29H37.C2H7Si.2ClH.Zr/c2*1-5-29(17-8-6-7-9-18-29)21-22-19-24-11-10-12-26(27(24)20-22)23-13-15-25(16-14-23)28(2,3)4;1-3-2;;;/h2*10-16,19-20H,5-9,17-18,21H2,1-4H3;3H,1-2H3;2*1H;/q;;;;;+2/p-2. The van der Waals surface area contributed by atoms with E-state index in [0.717, 1.165) is 12.8 Å². The summed E-state index contributed by atoms with van der Waals surface area (Å²) >= 11 is -5.17. The third-order valence-electron chi connectivity index (χ3n) is 17.6. The molecule has 0 radical (unpaired) electrons. The van der Waals surface area contributed by atoms with Crippen LogP contribution in [-0.2, 0) is 26.4 Å². The van der Waals surface area contributed by atoms with Crippen LogP contribution in [0.15, 0.2) is 96.1 Å². The Morgan fingerprint density at radius 3 is 1.16 bits per heavy atom. The van der Waals surface area contributed by atoms with Crippen LogP contribution in [0.25, 0.3) is 34.4 Å². The zero-order valence-electron chi connectivity index (χ0n) is 41.5. The Balaban J connectivity index is 1.36. The van der Waals surface area contributed by atoms with E-state index in [9.17, 15) is 17.0 Å². The first kappa shape index (κ1) is 48.5. The van der Waals surface area contributed by atoms with Crippen LogP contribution in [0.2, 0.25) is 13.1 Å². The van der Waals surface area contributed by atoms with Gasteiger partial charge >= 0.3 is 402 Å². The minimum atomic E-state index is -5.17. The zero-order valence-corrected chi connectivity index (χ0v) is 46.7. The van der Waals surface area contributed by atoms with E-state index in [0.29, 0.717) is 0 Å². The number of halogens is 2. The third-order valence-corrected chi connectivity index (χ3v) is 69.5. The van der Waals surface area contributed by atoms with E-state index < -0.39 is 21.5 Å². The molecule has 0 saturated heterocycles. The van der Waals surface area contributed by atoms with E-state index in [4.69, 9.17) is 0 Å². The van der Waals surface area contributed by atoms with Gasteiger partial charge in [0.25, 0.3) is 0 Å². The summed E-state index contributed by atoms with van der Waals surface area (Å²) in [6.45, 7) is 24.0. The summed E-state index contributed by atoms with van der Waals surface area (Å²) in [7, 11) is 18.7. The van der Waals surface area contributed by atoms with Crippen LogP contribution in [-0.4, -0.2) is 5.92 Å². The molecule has 2 saturated carbocycles. The average Bonchev–Trinajstić information content (AvgIpc) is 3.62. The van der Waals surface area contributed by atoms with E-state index in [1.165, 1.54) is 146 Å². The van der Waals surface area contributed by atoms with Crippen molar-refractivity contribution in [3.05, 3.63) is 129 Å². The number of hydrogen-bond donors (Lipinski definition) is 0. The topological polar surface area (TPSA) is 0 Å². The van der Waals surface area contributed by atoms with Crippen LogP contribution in [0.3, 0.4) is 0 Å². The Morgan fingerprint density at radius 1 is 0.516 bits per heavy atom. The molecular formula is C60H81Cl2SiZr. The third kappa shape index (κ3) is 9.05. The molecule has 4 aliphatic carbocycles. The molecule has 0 bridgehead atoms. The molecule has 343 valence electrons. The molecule has 64 heavy (non-hydrogen) atoms. The summed E-state index contributed by atoms with van der Waals surface area (Å²) in [5.74, 6) is -1.78. The van der Waals surface area contributed by atoms with Gasteiger partial charge in [-0.05, 0) is 0 Å². The molecule has 4 heteroatoms. The Labute approximate surface area is 399 Å². The first-order valence-electron chi connectivity index (χ1n) is 25.8.